The number of aryl methyl sites for hydroxylation is 1. The smallest absolute Gasteiger partial charge is 0.225 e. The molecule has 0 bridgehead atoms. The number of likely N-dealkylation sites (tertiary alicyclic amines) is 1. The van der Waals surface area contributed by atoms with Crippen molar-refractivity contribution in [2.24, 2.45) is 7.05 Å². The average molecular weight is 361 g/mol. The van der Waals surface area contributed by atoms with E-state index in [0.717, 1.165) is 31.4 Å². The van der Waals surface area contributed by atoms with E-state index in [1.807, 2.05) is 13.1 Å². The molecular weight excluding hydrogens is 334 g/mol. The van der Waals surface area contributed by atoms with Gasteiger partial charge in [0.1, 0.15) is 0 Å². The van der Waals surface area contributed by atoms with Crippen molar-refractivity contribution in [2.75, 3.05) is 7.05 Å². The van der Waals surface area contributed by atoms with Crippen molar-refractivity contribution in [1.29, 1.82) is 0 Å². The van der Waals surface area contributed by atoms with Gasteiger partial charge >= 0.3 is 0 Å². The Morgan fingerprint density at radius 3 is 2.42 bits per heavy atom. The maximum atomic E-state index is 12.3. The van der Waals surface area contributed by atoms with Crippen molar-refractivity contribution in [3.05, 3.63) is 18.0 Å². The first-order valence-corrected chi connectivity index (χ1v) is 9.28. The van der Waals surface area contributed by atoms with E-state index in [1.165, 1.54) is 0 Å². The molecule has 1 aliphatic carbocycles. The van der Waals surface area contributed by atoms with Gasteiger partial charge in [0.25, 0.3) is 0 Å². The highest BCUT2D eigenvalue weighted by Gasteiger charge is 2.40. The Bertz CT molecular complexity index is 680. The van der Waals surface area contributed by atoms with Crippen LogP contribution in [0.15, 0.2) is 12.3 Å². The summed E-state index contributed by atoms with van der Waals surface area (Å²) in [5.41, 5.74) is 0.877. The molecule has 8 heteroatoms. The van der Waals surface area contributed by atoms with Crippen LogP contribution in [0.3, 0.4) is 0 Å². The molecule has 2 N–H and O–H groups in total. The standard InChI is InChI=1S/C18H27N5O3/c1-22-17(26)11-13(18(22)14-9-10-19-23(14)2)21-16(25)8-7-15(24)20-12-5-3-4-6-12/h9-10,12-13,18H,3-8,11H2,1-2H3,(H,20,24)(H,21,25)/t13-,18-/m1/s1. The number of aromatic nitrogens is 2. The van der Waals surface area contributed by atoms with Crippen LogP contribution in [-0.2, 0) is 21.4 Å². The maximum Gasteiger partial charge on any atom is 0.225 e. The Hall–Kier alpha value is -2.38. The highest BCUT2D eigenvalue weighted by molar-refractivity contribution is 5.85. The lowest BCUT2D eigenvalue weighted by Crippen LogP contribution is -2.40. The third-order valence-corrected chi connectivity index (χ3v) is 5.39. The molecule has 0 unspecified atom stereocenters. The lowest BCUT2D eigenvalue weighted by Gasteiger charge is -2.25. The number of nitrogens with zero attached hydrogens (tertiary/aromatic N) is 3. The highest BCUT2D eigenvalue weighted by atomic mass is 16.2. The summed E-state index contributed by atoms with van der Waals surface area (Å²) in [4.78, 5) is 38.1. The van der Waals surface area contributed by atoms with Crippen LogP contribution in [0.2, 0.25) is 0 Å². The Morgan fingerprint density at radius 2 is 1.81 bits per heavy atom. The zero-order chi connectivity index (χ0) is 18.7. The minimum Gasteiger partial charge on any atom is -0.353 e. The minimum absolute atomic E-state index is 0.0134. The summed E-state index contributed by atoms with van der Waals surface area (Å²) < 4.78 is 1.72. The van der Waals surface area contributed by atoms with Crippen LogP contribution in [0.1, 0.15) is 56.7 Å². The third kappa shape index (κ3) is 4.05. The van der Waals surface area contributed by atoms with Gasteiger partial charge in [0, 0.05) is 45.6 Å². The molecule has 3 rings (SSSR count). The van der Waals surface area contributed by atoms with E-state index in [9.17, 15) is 14.4 Å². The third-order valence-electron chi connectivity index (χ3n) is 5.39. The Balaban J connectivity index is 1.53. The van der Waals surface area contributed by atoms with Crippen LogP contribution in [0.5, 0.6) is 0 Å². The quantitative estimate of drug-likeness (QED) is 0.777. The number of likely N-dealkylation sites (N-methyl/N-ethyl adjacent to an activating group) is 1. The van der Waals surface area contributed by atoms with Gasteiger partial charge in [-0.15, -0.1) is 0 Å². The fourth-order valence-electron chi connectivity index (χ4n) is 3.95. The average Bonchev–Trinajstić information content (AvgIpc) is 3.30. The second-order valence-corrected chi connectivity index (χ2v) is 7.26. The summed E-state index contributed by atoms with van der Waals surface area (Å²) in [6.45, 7) is 0. The molecule has 0 radical (unpaired) electrons. The van der Waals surface area contributed by atoms with E-state index in [-0.39, 0.29) is 55.1 Å². The molecule has 26 heavy (non-hydrogen) atoms. The fraction of sp³-hybridized carbons (Fsp3) is 0.667. The number of carbonyl (C=O) groups excluding carboxylic acids is 3. The van der Waals surface area contributed by atoms with E-state index >= 15 is 0 Å². The molecule has 1 aromatic rings. The molecule has 2 aliphatic rings. The first-order chi connectivity index (χ1) is 12.5. The zero-order valence-electron chi connectivity index (χ0n) is 15.4. The summed E-state index contributed by atoms with van der Waals surface area (Å²) in [5, 5.41) is 10.1. The van der Waals surface area contributed by atoms with Crippen LogP contribution < -0.4 is 10.6 Å². The van der Waals surface area contributed by atoms with Gasteiger partial charge in [0.05, 0.1) is 17.8 Å². The summed E-state index contributed by atoms with van der Waals surface area (Å²) in [7, 11) is 3.55. The van der Waals surface area contributed by atoms with Crippen molar-refractivity contribution < 1.29 is 14.4 Å². The normalized spacial score (nSPS) is 23.5. The van der Waals surface area contributed by atoms with Crippen LogP contribution in [0.4, 0.5) is 0 Å². The highest BCUT2D eigenvalue weighted by Crippen LogP contribution is 2.31. The molecule has 1 aliphatic heterocycles. The molecule has 2 atom stereocenters. The van der Waals surface area contributed by atoms with E-state index in [4.69, 9.17) is 0 Å². The molecule has 3 amide bonds. The van der Waals surface area contributed by atoms with Crippen LogP contribution >= 0.6 is 0 Å². The van der Waals surface area contributed by atoms with Gasteiger partial charge in [-0.25, -0.2) is 0 Å². The first-order valence-electron chi connectivity index (χ1n) is 9.28. The number of nitrogens with one attached hydrogen (secondary N) is 2. The second kappa shape index (κ2) is 7.88. The van der Waals surface area contributed by atoms with Crippen molar-refractivity contribution in [3.8, 4) is 0 Å². The lowest BCUT2D eigenvalue weighted by atomic mass is 10.1. The van der Waals surface area contributed by atoms with Crippen LogP contribution in [0, 0.1) is 0 Å². The Kier molecular flexibility index (Phi) is 5.58. The summed E-state index contributed by atoms with van der Waals surface area (Å²) in [5.74, 6) is -0.290. The molecular formula is C18H27N5O3. The number of rotatable bonds is 6. The van der Waals surface area contributed by atoms with Crippen LogP contribution in [0.25, 0.3) is 0 Å². The van der Waals surface area contributed by atoms with Crippen molar-refractivity contribution >= 4 is 17.7 Å². The molecule has 2 heterocycles. The topological polar surface area (TPSA) is 96.3 Å². The SMILES string of the molecule is CN1C(=O)C[C@@H](NC(=O)CCC(=O)NC2CCCC2)[C@@H]1c1ccnn1C. The summed E-state index contributed by atoms with van der Waals surface area (Å²) in [6, 6.07) is 1.56. The predicted molar refractivity (Wildman–Crippen MR) is 94.9 cm³/mol. The number of carbonyl (C=O) groups is 3. The van der Waals surface area contributed by atoms with Crippen LogP contribution in [-0.4, -0.2) is 51.5 Å². The van der Waals surface area contributed by atoms with Crippen molar-refractivity contribution in [1.82, 2.24) is 25.3 Å². The van der Waals surface area contributed by atoms with Gasteiger partial charge in [-0.2, -0.15) is 5.10 Å². The summed E-state index contributed by atoms with van der Waals surface area (Å²) >= 11 is 0. The van der Waals surface area contributed by atoms with Crippen molar-refractivity contribution in [3.63, 3.8) is 0 Å². The van der Waals surface area contributed by atoms with E-state index in [0.29, 0.717) is 0 Å². The molecule has 1 saturated carbocycles. The predicted octanol–water partition coefficient (Wildman–Crippen LogP) is 0.647. The summed E-state index contributed by atoms with van der Waals surface area (Å²) in [6.07, 6.45) is 6.61. The first kappa shape index (κ1) is 18.4. The number of hydrogen-bond donors (Lipinski definition) is 2. The van der Waals surface area contributed by atoms with E-state index in [1.54, 1.807) is 22.8 Å². The molecule has 0 aromatic carbocycles. The Labute approximate surface area is 153 Å². The van der Waals surface area contributed by atoms with Gasteiger partial charge in [-0.3, -0.25) is 19.1 Å². The van der Waals surface area contributed by atoms with Gasteiger partial charge in [0.2, 0.25) is 17.7 Å². The molecule has 1 aromatic heterocycles. The number of hydrogen-bond acceptors (Lipinski definition) is 4. The van der Waals surface area contributed by atoms with E-state index < -0.39 is 0 Å². The molecule has 0 spiro atoms. The lowest BCUT2D eigenvalue weighted by molar-refractivity contribution is -0.127. The van der Waals surface area contributed by atoms with Crippen molar-refractivity contribution in [2.45, 2.75) is 63.1 Å². The zero-order valence-corrected chi connectivity index (χ0v) is 15.4. The molecule has 1 saturated heterocycles. The molecule has 8 nitrogen and oxygen atoms in total. The molecule has 142 valence electrons. The van der Waals surface area contributed by atoms with Gasteiger partial charge in [-0.1, -0.05) is 12.8 Å². The monoisotopic (exact) mass is 361 g/mol. The number of amides is 3. The minimum atomic E-state index is -0.312. The molecule has 2 fully saturated rings. The van der Waals surface area contributed by atoms with Gasteiger partial charge < -0.3 is 15.5 Å². The Morgan fingerprint density at radius 1 is 1.15 bits per heavy atom. The second-order valence-electron chi connectivity index (χ2n) is 7.26. The van der Waals surface area contributed by atoms with Gasteiger partial charge in [-0.05, 0) is 18.9 Å². The van der Waals surface area contributed by atoms with Gasteiger partial charge in [0.15, 0.2) is 0 Å². The van der Waals surface area contributed by atoms with E-state index in [2.05, 4.69) is 15.7 Å². The fourth-order valence-corrected chi connectivity index (χ4v) is 3.95. The maximum absolute atomic E-state index is 12.3. The largest absolute Gasteiger partial charge is 0.353 e.